The lowest BCUT2D eigenvalue weighted by Gasteiger charge is -2.29. The molecular weight excluding hydrogens is 374 g/mol. The molecule has 3 aliphatic heterocycles. The molecule has 2 amide bonds. The number of pyridine rings is 1. The zero-order valence-corrected chi connectivity index (χ0v) is 15.7. The SMILES string of the molecule is O=C(NC[C@H]1[C@H]2CN(C(=O)c3ccc(=O)oc3)C[C@]23CC[C@H]1O3)c1ccccn1. The summed E-state index contributed by atoms with van der Waals surface area (Å²) in [6.07, 6.45) is 4.76. The van der Waals surface area contributed by atoms with E-state index in [9.17, 15) is 14.4 Å². The maximum atomic E-state index is 12.8. The van der Waals surface area contributed by atoms with Crippen LogP contribution in [0.25, 0.3) is 0 Å². The summed E-state index contributed by atoms with van der Waals surface area (Å²) >= 11 is 0. The molecule has 3 aliphatic rings. The van der Waals surface area contributed by atoms with Crippen LogP contribution in [0.3, 0.4) is 0 Å². The lowest BCUT2D eigenvalue weighted by Crippen LogP contribution is -2.42. The zero-order valence-electron chi connectivity index (χ0n) is 15.7. The fourth-order valence-electron chi connectivity index (χ4n) is 5.08. The molecule has 2 bridgehead atoms. The van der Waals surface area contributed by atoms with Crippen molar-refractivity contribution in [1.82, 2.24) is 15.2 Å². The van der Waals surface area contributed by atoms with Gasteiger partial charge in [0.25, 0.3) is 11.8 Å². The second-order valence-corrected chi connectivity index (χ2v) is 7.98. The summed E-state index contributed by atoms with van der Waals surface area (Å²) in [6.45, 7) is 1.59. The van der Waals surface area contributed by atoms with Gasteiger partial charge in [0.1, 0.15) is 12.0 Å². The third-order valence-corrected chi connectivity index (χ3v) is 6.41. The maximum Gasteiger partial charge on any atom is 0.335 e. The minimum Gasteiger partial charge on any atom is -0.430 e. The van der Waals surface area contributed by atoms with E-state index in [1.807, 2.05) is 0 Å². The summed E-state index contributed by atoms with van der Waals surface area (Å²) < 4.78 is 11.2. The van der Waals surface area contributed by atoms with Crippen molar-refractivity contribution >= 4 is 11.8 Å². The van der Waals surface area contributed by atoms with Gasteiger partial charge >= 0.3 is 5.63 Å². The van der Waals surface area contributed by atoms with E-state index in [1.54, 1.807) is 29.3 Å². The molecule has 2 aromatic heterocycles. The molecule has 3 saturated heterocycles. The number of fused-ring (bicyclic) bond motifs is 1. The molecule has 29 heavy (non-hydrogen) atoms. The van der Waals surface area contributed by atoms with Gasteiger partial charge in [-0.2, -0.15) is 0 Å². The minimum atomic E-state index is -0.482. The molecule has 0 saturated carbocycles. The van der Waals surface area contributed by atoms with E-state index in [0.29, 0.717) is 30.9 Å². The van der Waals surface area contributed by atoms with Gasteiger partial charge in [-0.25, -0.2) is 4.79 Å². The van der Waals surface area contributed by atoms with E-state index in [0.717, 1.165) is 12.8 Å². The van der Waals surface area contributed by atoms with Gasteiger partial charge in [0.15, 0.2) is 0 Å². The molecule has 0 radical (unpaired) electrons. The molecule has 8 heteroatoms. The number of nitrogens with one attached hydrogen (secondary N) is 1. The first-order valence-electron chi connectivity index (χ1n) is 9.81. The fourth-order valence-corrected chi connectivity index (χ4v) is 5.08. The van der Waals surface area contributed by atoms with Crippen molar-refractivity contribution in [1.29, 1.82) is 0 Å². The highest BCUT2D eigenvalue weighted by molar-refractivity contribution is 5.94. The number of ether oxygens (including phenoxy) is 1. The molecular formula is C21H21N3O5. The molecule has 1 spiro atoms. The predicted octanol–water partition coefficient (Wildman–Crippen LogP) is 1.08. The predicted molar refractivity (Wildman–Crippen MR) is 101 cm³/mol. The normalized spacial score (nSPS) is 29.7. The highest BCUT2D eigenvalue weighted by Crippen LogP contribution is 2.54. The molecule has 0 aliphatic carbocycles. The molecule has 1 N–H and O–H groups in total. The Morgan fingerprint density at radius 1 is 1.28 bits per heavy atom. The summed E-state index contributed by atoms with van der Waals surface area (Å²) in [5, 5.41) is 2.98. The van der Waals surface area contributed by atoms with E-state index in [2.05, 4.69) is 10.3 Å². The Hall–Kier alpha value is -3.00. The van der Waals surface area contributed by atoms with Crippen LogP contribution in [0.15, 0.2) is 52.0 Å². The van der Waals surface area contributed by atoms with Gasteiger partial charge in [-0.05, 0) is 31.0 Å². The monoisotopic (exact) mass is 395 g/mol. The van der Waals surface area contributed by atoms with Gasteiger partial charge in [0.2, 0.25) is 0 Å². The van der Waals surface area contributed by atoms with Crippen LogP contribution in [0.5, 0.6) is 0 Å². The number of aromatic nitrogens is 1. The van der Waals surface area contributed by atoms with Crippen LogP contribution in [0.4, 0.5) is 0 Å². The topological polar surface area (TPSA) is 102 Å². The van der Waals surface area contributed by atoms with Gasteiger partial charge in [-0.15, -0.1) is 0 Å². The van der Waals surface area contributed by atoms with Crippen LogP contribution in [0.2, 0.25) is 0 Å². The lowest BCUT2D eigenvalue weighted by atomic mass is 9.73. The van der Waals surface area contributed by atoms with Crippen LogP contribution >= 0.6 is 0 Å². The first kappa shape index (κ1) is 18.1. The summed E-state index contributed by atoms with van der Waals surface area (Å²) in [5.41, 5.74) is -0.0733. The van der Waals surface area contributed by atoms with E-state index in [-0.39, 0.29) is 35.4 Å². The summed E-state index contributed by atoms with van der Waals surface area (Å²) in [7, 11) is 0. The van der Waals surface area contributed by atoms with Crippen LogP contribution < -0.4 is 10.9 Å². The number of carbonyl (C=O) groups excluding carboxylic acids is 2. The second-order valence-electron chi connectivity index (χ2n) is 7.98. The molecule has 5 rings (SSSR count). The van der Waals surface area contributed by atoms with Crippen molar-refractivity contribution < 1.29 is 18.7 Å². The largest absolute Gasteiger partial charge is 0.430 e. The first-order chi connectivity index (χ1) is 14.1. The number of amides is 2. The highest BCUT2D eigenvalue weighted by atomic mass is 16.5. The fraction of sp³-hybridized carbons (Fsp3) is 0.429. The van der Waals surface area contributed by atoms with E-state index in [4.69, 9.17) is 9.15 Å². The quantitative estimate of drug-likeness (QED) is 0.831. The molecule has 8 nitrogen and oxygen atoms in total. The molecule has 2 aromatic rings. The van der Waals surface area contributed by atoms with Crippen LogP contribution in [-0.4, -0.2) is 53.0 Å². The standard InChI is InChI=1S/C21H21N3O5/c25-18-5-4-13(11-28-18)20(27)24-10-15-14(17-6-7-21(15,12-24)29-17)9-23-19(26)16-3-1-2-8-22-16/h1-5,8,11,14-15,17H,6-7,9-10,12H2,(H,23,26)/t14-,15+,17+,21+/m0/s1. The average molecular weight is 395 g/mol. The van der Waals surface area contributed by atoms with E-state index >= 15 is 0 Å². The number of carbonyl (C=O) groups is 2. The van der Waals surface area contributed by atoms with Gasteiger partial charge in [-0.3, -0.25) is 14.6 Å². The Labute approximate surface area is 166 Å². The van der Waals surface area contributed by atoms with E-state index < -0.39 is 5.63 Å². The number of nitrogens with zero attached hydrogens (tertiary/aromatic N) is 2. The van der Waals surface area contributed by atoms with Gasteiger partial charge in [-0.1, -0.05) is 6.07 Å². The molecule has 3 fully saturated rings. The van der Waals surface area contributed by atoms with Crippen LogP contribution in [0.1, 0.15) is 33.7 Å². The average Bonchev–Trinajstić information content (AvgIpc) is 3.41. The van der Waals surface area contributed by atoms with Gasteiger partial charge in [0, 0.05) is 37.2 Å². The zero-order chi connectivity index (χ0) is 20.0. The van der Waals surface area contributed by atoms with Crippen molar-refractivity contribution in [2.24, 2.45) is 11.8 Å². The van der Waals surface area contributed by atoms with Crippen molar-refractivity contribution in [2.45, 2.75) is 24.5 Å². The third-order valence-electron chi connectivity index (χ3n) is 6.41. The molecule has 0 unspecified atom stereocenters. The van der Waals surface area contributed by atoms with Crippen LogP contribution in [-0.2, 0) is 4.74 Å². The van der Waals surface area contributed by atoms with Crippen molar-refractivity contribution in [3.63, 3.8) is 0 Å². The first-order valence-corrected chi connectivity index (χ1v) is 9.81. The Morgan fingerprint density at radius 3 is 2.93 bits per heavy atom. The number of hydrogen-bond donors (Lipinski definition) is 1. The number of likely N-dealkylation sites (tertiary alicyclic amines) is 1. The molecule has 5 heterocycles. The second kappa shape index (κ2) is 6.81. The number of rotatable bonds is 4. The Balaban J connectivity index is 1.29. The van der Waals surface area contributed by atoms with Gasteiger partial charge in [0.05, 0.1) is 23.8 Å². The maximum absolute atomic E-state index is 12.8. The number of hydrogen-bond acceptors (Lipinski definition) is 6. The lowest BCUT2D eigenvalue weighted by molar-refractivity contribution is 0.00314. The smallest absolute Gasteiger partial charge is 0.335 e. The van der Waals surface area contributed by atoms with Crippen molar-refractivity contribution in [3.8, 4) is 0 Å². The third kappa shape index (κ3) is 3.04. The Kier molecular flexibility index (Phi) is 4.24. The Morgan fingerprint density at radius 2 is 2.17 bits per heavy atom. The minimum absolute atomic E-state index is 0.107. The van der Waals surface area contributed by atoms with Gasteiger partial charge < -0.3 is 19.4 Å². The van der Waals surface area contributed by atoms with E-state index in [1.165, 1.54) is 18.4 Å². The van der Waals surface area contributed by atoms with Crippen molar-refractivity contribution in [2.75, 3.05) is 19.6 Å². The van der Waals surface area contributed by atoms with Crippen LogP contribution in [0, 0.1) is 11.8 Å². The summed E-state index contributed by atoms with van der Waals surface area (Å²) in [4.78, 5) is 42.2. The van der Waals surface area contributed by atoms with Crippen molar-refractivity contribution in [3.05, 3.63) is 64.5 Å². The highest BCUT2D eigenvalue weighted by Gasteiger charge is 2.63. The molecule has 0 aromatic carbocycles. The Bertz CT molecular complexity index is 986. The summed E-state index contributed by atoms with van der Waals surface area (Å²) in [5.74, 6) is -0.0404. The molecule has 4 atom stereocenters. The molecule has 150 valence electrons. The summed E-state index contributed by atoms with van der Waals surface area (Å²) in [6, 6.07) is 7.97.